The van der Waals surface area contributed by atoms with Gasteiger partial charge in [0.15, 0.2) is 0 Å². The zero-order chi connectivity index (χ0) is 13.3. The van der Waals surface area contributed by atoms with Gasteiger partial charge in [0.05, 0.1) is 11.3 Å². The molecule has 0 saturated carbocycles. The van der Waals surface area contributed by atoms with Gasteiger partial charge in [-0.2, -0.15) is 5.26 Å². The molecule has 0 aromatic heterocycles. The molecule has 0 spiro atoms. The molecule has 0 aliphatic carbocycles. The molecular weight excluding hydrogens is 224 g/mol. The third-order valence-corrected chi connectivity index (χ3v) is 3.88. The van der Waals surface area contributed by atoms with Crippen molar-refractivity contribution in [2.24, 2.45) is 0 Å². The van der Waals surface area contributed by atoms with E-state index < -0.39 is 0 Å². The molecule has 1 aromatic rings. The van der Waals surface area contributed by atoms with Gasteiger partial charge >= 0.3 is 0 Å². The zero-order valence-electron chi connectivity index (χ0n) is 11.2. The number of nitrogen functional groups attached to an aromatic ring is 1. The van der Waals surface area contributed by atoms with Gasteiger partial charge in [-0.1, -0.05) is 0 Å². The fourth-order valence-corrected chi connectivity index (χ4v) is 2.46. The Balaban J connectivity index is 2.22. The summed E-state index contributed by atoms with van der Waals surface area (Å²) in [6.07, 6.45) is 0. The maximum atomic E-state index is 8.89. The summed E-state index contributed by atoms with van der Waals surface area (Å²) in [6, 6.07) is 8.83. The highest BCUT2D eigenvalue weighted by molar-refractivity contribution is 5.63. The van der Waals surface area contributed by atoms with Gasteiger partial charge in [0, 0.05) is 30.9 Å². The number of piperazine rings is 1. The fourth-order valence-electron chi connectivity index (χ4n) is 2.46. The Morgan fingerprint density at radius 3 is 2.39 bits per heavy atom. The van der Waals surface area contributed by atoms with E-state index in [9.17, 15) is 0 Å². The molecule has 0 radical (unpaired) electrons. The zero-order valence-corrected chi connectivity index (χ0v) is 11.2. The van der Waals surface area contributed by atoms with Crippen molar-refractivity contribution < 1.29 is 0 Å². The first-order valence-electron chi connectivity index (χ1n) is 6.29. The summed E-state index contributed by atoms with van der Waals surface area (Å²) in [4.78, 5) is 4.73. The van der Waals surface area contributed by atoms with Crippen molar-refractivity contribution in [2.75, 3.05) is 30.8 Å². The number of likely N-dealkylation sites (N-methyl/N-ethyl adjacent to an activating group) is 1. The van der Waals surface area contributed by atoms with E-state index in [-0.39, 0.29) is 0 Å². The first kappa shape index (κ1) is 12.7. The molecule has 0 amide bonds. The number of nitrogens with two attached hydrogens (primary N) is 1. The standard InChI is InChI=1S/C14H20N4/c1-10-8-18(9-11(2)17(10)3)13-5-4-12(7-15)14(16)6-13/h4-6,10-11H,8-9,16H2,1-3H3. The number of anilines is 2. The molecule has 2 rings (SSSR count). The highest BCUT2D eigenvalue weighted by Gasteiger charge is 2.26. The lowest BCUT2D eigenvalue weighted by molar-refractivity contribution is 0.170. The van der Waals surface area contributed by atoms with Crippen LogP contribution in [0.4, 0.5) is 11.4 Å². The van der Waals surface area contributed by atoms with Crippen molar-refractivity contribution in [3.63, 3.8) is 0 Å². The first-order chi connectivity index (χ1) is 8.52. The molecule has 1 saturated heterocycles. The molecule has 1 fully saturated rings. The molecule has 2 atom stereocenters. The smallest absolute Gasteiger partial charge is 0.101 e. The monoisotopic (exact) mass is 244 g/mol. The lowest BCUT2D eigenvalue weighted by Gasteiger charge is -2.43. The number of hydrogen-bond acceptors (Lipinski definition) is 4. The molecule has 4 nitrogen and oxygen atoms in total. The Kier molecular flexibility index (Phi) is 3.44. The first-order valence-corrected chi connectivity index (χ1v) is 6.29. The summed E-state index contributed by atoms with van der Waals surface area (Å²) < 4.78 is 0. The van der Waals surface area contributed by atoms with Crippen LogP contribution in [0.25, 0.3) is 0 Å². The van der Waals surface area contributed by atoms with E-state index in [0.29, 0.717) is 23.3 Å². The van der Waals surface area contributed by atoms with Gasteiger partial charge in [-0.15, -0.1) is 0 Å². The van der Waals surface area contributed by atoms with Crippen molar-refractivity contribution in [2.45, 2.75) is 25.9 Å². The van der Waals surface area contributed by atoms with Crippen LogP contribution in [0.1, 0.15) is 19.4 Å². The van der Waals surface area contributed by atoms with Crippen LogP contribution < -0.4 is 10.6 Å². The molecule has 2 N–H and O–H groups in total. The van der Waals surface area contributed by atoms with E-state index >= 15 is 0 Å². The van der Waals surface area contributed by atoms with Crippen LogP contribution in [0.15, 0.2) is 18.2 Å². The van der Waals surface area contributed by atoms with Crippen molar-refractivity contribution in [1.82, 2.24) is 4.90 Å². The molecule has 1 aliphatic rings. The second-order valence-electron chi connectivity index (χ2n) is 5.15. The Morgan fingerprint density at radius 2 is 1.89 bits per heavy atom. The molecule has 96 valence electrons. The summed E-state index contributed by atoms with van der Waals surface area (Å²) in [6.45, 7) is 6.45. The van der Waals surface area contributed by atoms with Crippen LogP contribution in [0.3, 0.4) is 0 Å². The average molecular weight is 244 g/mol. The van der Waals surface area contributed by atoms with Crippen molar-refractivity contribution in [3.05, 3.63) is 23.8 Å². The molecular formula is C14H20N4. The average Bonchev–Trinajstić information content (AvgIpc) is 2.35. The van der Waals surface area contributed by atoms with E-state index in [2.05, 4.69) is 36.8 Å². The predicted molar refractivity (Wildman–Crippen MR) is 74.5 cm³/mol. The maximum absolute atomic E-state index is 8.89. The van der Waals surface area contributed by atoms with E-state index in [0.717, 1.165) is 18.8 Å². The summed E-state index contributed by atoms with van der Waals surface area (Å²) in [5.74, 6) is 0. The van der Waals surface area contributed by atoms with Crippen LogP contribution in [-0.2, 0) is 0 Å². The third-order valence-electron chi connectivity index (χ3n) is 3.88. The van der Waals surface area contributed by atoms with E-state index in [1.807, 2.05) is 12.1 Å². The quantitative estimate of drug-likeness (QED) is 0.763. The van der Waals surface area contributed by atoms with Gasteiger partial charge in [0.1, 0.15) is 6.07 Å². The van der Waals surface area contributed by atoms with Crippen LogP contribution in [0.2, 0.25) is 0 Å². The SMILES string of the molecule is CC1CN(c2ccc(C#N)c(N)c2)CC(C)N1C. The minimum Gasteiger partial charge on any atom is -0.398 e. The number of rotatable bonds is 1. The van der Waals surface area contributed by atoms with Crippen LogP contribution in [-0.4, -0.2) is 37.1 Å². The Hall–Kier alpha value is -1.73. The number of nitrogens with zero attached hydrogens (tertiary/aromatic N) is 3. The molecule has 2 unspecified atom stereocenters. The Labute approximate surface area is 109 Å². The number of benzene rings is 1. The molecule has 0 bridgehead atoms. The van der Waals surface area contributed by atoms with Gasteiger partial charge in [-0.25, -0.2) is 0 Å². The molecule has 18 heavy (non-hydrogen) atoms. The molecule has 1 aliphatic heterocycles. The van der Waals surface area contributed by atoms with Gasteiger partial charge in [0.25, 0.3) is 0 Å². The van der Waals surface area contributed by atoms with E-state index in [4.69, 9.17) is 11.0 Å². The minimum atomic E-state index is 0.519. The van der Waals surface area contributed by atoms with Gasteiger partial charge in [-0.05, 0) is 39.1 Å². The van der Waals surface area contributed by atoms with E-state index in [1.54, 1.807) is 6.07 Å². The van der Waals surface area contributed by atoms with Gasteiger partial charge in [0.2, 0.25) is 0 Å². The molecule has 1 aromatic carbocycles. The van der Waals surface area contributed by atoms with Gasteiger partial charge in [-0.3, -0.25) is 4.90 Å². The van der Waals surface area contributed by atoms with Gasteiger partial charge < -0.3 is 10.6 Å². The fraction of sp³-hybridized carbons (Fsp3) is 0.500. The van der Waals surface area contributed by atoms with Crippen LogP contribution in [0, 0.1) is 11.3 Å². The van der Waals surface area contributed by atoms with Crippen LogP contribution in [0.5, 0.6) is 0 Å². The normalized spacial score (nSPS) is 24.9. The number of hydrogen-bond donors (Lipinski definition) is 1. The largest absolute Gasteiger partial charge is 0.398 e. The van der Waals surface area contributed by atoms with E-state index in [1.165, 1.54) is 0 Å². The van der Waals surface area contributed by atoms with Crippen molar-refractivity contribution >= 4 is 11.4 Å². The Bertz CT molecular complexity index is 465. The van der Waals surface area contributed by atoms with Crippen LogP contribution >= 0.6 is 0 Å². The second-order valence-corrected chi connectivity index (χ2v) is 5.15. The highest BCUT2D eigenvalue weighted by Crippen LogP contribution is 2.25. The lowest BCUT2D eigenvalue weighted by atomic mass is 10.1. The van der Waals surface area contributed by atoms with Crippen molar-refractivity contribution in [3.8, 4) is 6.07 Å². The Morgan fingerprint density at radius 1 is 1.28 bits per heavy atom. The minimum absolute atomic E-state index is 0.519. The summed E-state index contributed by atoms with van der Waals surface area (Å²) in [5, 5.41) is 8.89. The molecule has 1 heterocycles. The topological polar surface area (TPSA) is 56.3 Å². The maximum Gasteiger partial charge on any atom is 0.101 e. The summed E-state index contributed by atoms with van der Waals surface area (Å²) in [7, 11) is 2.17. The number of nitriles is 1. The van der Waals surface area contributed by atoms with Crippen molar-refractivity contribution in [1.29, 1.82) is 5.26 Å². The summed E-state index contributed by atoms with van der Waals surface area (Å²) >= 11 is 0. The summed E-state index contributed by atoms with van der Waals surface area (Å²) in [5.41, 5.74) is 8.10. The lowest BCUT2D eigenvalue weighted by Crippen LogP contribution is -2.55. The third kappa shape index (κ3) is 2.27. The second kappa shape index (κ2) is 4.87. The predicted octanol–water partition coefficient (Wildman–Crippen LogP) is 1.67. The molecule has 4 heteroatoms. The highest BCUT2D eigenvalue weighted by atomic mass is 15.3.